The van der Waals surface area contributed by atoms with Gasteiger partial charge in [0.05, 0.1) is 0 Å². The van der Waals surface area contributed by atoms with Gasteiger partial charge in [-0.25, -0.2) is 4.39 Å². The van der Waals surface area contributed by atoms with Crippen LogP contribution in [0.2, 0.25) is 0 Å². The maximum atomic E-state index is 13.0. The van der Waals surface area contributed by atoms with Gasteiger partial charge < -0.3 is 0 Å². The maximum absolute atomic E-state index is 13.0. The van der Waals surface area contributed by atoms with Gasteiger partial charge >= 0.3 is 0 Å². The van der Waals surface area contributed by atoms with E-state index in [0.29, 0.717) is 17.7 Å². The van der Waals surface area contributed by atoms with E-state index in [1.807, 2.05) is 13.0 Å². The highest BCUT2D eigenvalue weighted by atomic mass is 35.5. The van der Waals surface area contributed by atoms with Gasteiger partial charge in [0.1, 0.15) is 5.82 Å². The van der Waals surface area contributed by atoms with Gasteiger partial charge in [-0.15, -0.1) is 11.6 Å². The fourth-order valence-electron chi connectivity index (χ4n) is 2.07. The smallest absolute Gasteiger partial charge is 0.123 e. The molecule has 0 nitrogen and oxygen atoms in total. The van der Waals surface area contributed by atoms with Gasteiger partial charge in [0, 0.05) is 5.88 Å². The maximum Gasteiger partial charge on any atom is 0.123 e. The summed E-state index contributed by atoms with van der Waals surface area (Å²) in [6.45, 7) is 6.37. The Kier molecular flexibility index (Phi) is 5.27. The molecule has 1 aromatic carbocycles. The van der Waals surface area contributed by atoms with E-state index in [1.165, 1.54) is 11.6 Å². The van der Waals surface area contributed by atoms with E-state index in [9.17, 15) is 4.39 Å². The molecular weight excluding hydrogens is 223 g/mol. The van der Waals surface area contributed by atoms with Crippen molar-refractivity contribution < 1.29 is 4.39 Å². The monoisotopic (exact) mass is 242 g/mol. The molecule has 0 radical (unpaired) electrons. The molecular formula is C14H20ClF. The van der Waals surface area contributed by atoms with Crippen molar-refractivity contribution in [2.45, 2.75) is 33.6 Å². The molecule has 0 aliphatic heterocycles. The second-order valence-corrected chi connectivity index (χ2v) is 5.23. The number of halogens is 2. The Hall–Kier alpha value is -0.560. The van der Waals surface area contributed by atoms with E-state index < -0.39 is 0 Å². The first-order chi connectivity index (χ1) is 7.52. The Morgan fingerprint density at radius 3 is 2.50 bits per heavy atom. The van der Waals surface area contributed by atoms with Crippen LogP contribution in [0.15, 0.2) is 18.2 Å². The van der Waals surface area contributed by atoms with Crippen LogP contribution >= 0.6 is 11.6 Å². The molecule has 0 heterocycles. The average molecular weight is 243 g/mol. The Morgan fingerprint density at radius 1 is 1.31 bits per heavy atom. The molecule has 0 aliphatic carbocycles. The minimum Gasteiger partial charge on any atom is -0.207 e. The van der Waals surface area contributed by atoms with Crippen molar-refractivity contribution in [1.82, 2.24) is 0 Å². The van der Waals surface area contributed by atoms with Gasteiger partial charge in [-0.1, -0.05) is 19.9 Å². The standard InChI is InChI=1S/C14H20ClF/c1-10(2)6-12(9-15)8-13-4-5-14(16)7-11(13)3/h4-5,7,10,12H,6,8-9H2,1-3H3. The molecule has 0 aliphatic rings. The van der Waals surface area contributed by atoms with Gasteiger partial charge in [0.15, 0.2) is 0 Å². The van der Waals surface area contributed by atoms with Gasteiger partial charge in [0.25, 0.3) is 0 Å². The molecule has 1 atom stereocenters. The third-order valence-corrected chi connectivity index (χ3v) is 3.27. The van der Waals surface area contributed by atoms with E-state index in [1.54, 1.807) is 6.07 Å². The highest BCUT2D eigenvalue weighted by Crippen LogP contribution is 2.21. The van der Waals surface area contributed by atoms with E-state index in [4.69, 9.17) is 11.6 Å². The Balaban J connectivity index is 2.70. The van der Waals surface area contributed by atoms with Crippen LogP contribution < -0.4 is 0 Å². The largest absolute Gasteiger partial charge is 0.207 e. The van der Waals surface area contributed by atoms with E-state index in [-0.39, 0.29) is 5.82 Å². The van der Waals surface area contributed by atoms with Crippen molar-refractivity contribution in [3.8, 4) is 0 Å². The zero-order valence-electron chi connectivity index (χ0n) is 10.3. The summed E-state index contributed by atoms with van der Waals surface area (Å²) in [4.78, 5) is 0. The molecule has 1 aromatic rings. The third kappa shape index (κ3) is 4.13. The Morgan fingerprint density at radius 2 is 2.00 bits per heavy atom. The minimum atomic E-state index is -0.160. The van der Waals surface area contributed by atoms with Gasteiger partial charge in [-0.3, -0.25) is 0 Å². The molecule has 90 valence electrons. The van der Waals surface area contributed by atoms with Crippen molar-refractivity contribution in [1.29, 1.82) is 0 Å². The minimum absolute atomic E-state index is 0.160. The van der Waals surface area contributed by atoms with Crippen LogP contribution in [0.1, 0.15) is 31.4 Å². The summed E-state index contributed by atoms with van der Waals surface area (Å²) in [6, 6.07) is 5.00. The molecule has 1 unspecified atom stereocenters. The van der Waals surface area contributed by atoms with Crippen LogP contribution in [0.4, 0.5) is 4.39 Å². The number of hydrogen-bond acceptors (Lipinski definition) is 0. The lowest BCUT2D eigenvalue weighted by molar-refractivity contribution is 0.440. The van der Waals surface area contributed by atoms with Crippen molar-refractivity contribution in [3.05, 3.63) is 35.1 Å². The molecule has 2 heteroatoms. The summed E-state index contributed by atoms with van der Waals surface area (Å²) in [5.41, 5.74) is 2.24. The zero-order valence-corrected chi connectivity index (χ0v) is 11.0. The lowest BCUT2D eigenvalue weighted by atomic mass is 9.91. The van der Waals surface area contributed by atoms with Crippen LogP contribution in [-0.4, -0.2) is 5.88 Å². The SMILES string of the molecule is Cc1cc(F)ccc1CC(CCl)CC(C)C. The van der Waals surface area contributed by atoms with Crippen molar-refractivity contribution in [2.24, 2.45) is 11.8 Å². The third-order valence-electron chi connectivity index (χ3n) is 2.84. The molecule has 0 saturated heterocycles. The van der Waals surface area contributed by atoms with Crippen molar-refractivity contribution in [2.75, 3.05) is 5.88 Å². The number of hydrogen-bond donors (Lipinski definition) is 0. The first kappa shape index (κ1) is 13.5. The Labute approximate surface area is 103 Å². The number of benzene rings is 1. The fourth-order valence-corrected chi connectivity index (χ4v) is 2.30. The summed E-state index contributed by atoms with van der Waals surface area (Å²) >= 11 is 5.97. The van der Waals surface area contributed by atoms with Crippen LogP contribution in [0.5, 0.6) is 0 Å². The van der Waals surface area contributed by atoms with Gasteiger partial charge in [-0.2, -0.15) is 0 Å². The summed E-state index contributed by atoms with van der Waals surface area (Å²) in [7, 11) is 0. The van der Waals surface area contributed by atoms with Gasteiger partial charge in [0.2, 0.25) is 0 Å². The predicted molar refractivity (Wildman–Crippen MR) is 68.5 cm³/mol. The van der Waals surface area contributed by atoms with Crippen LogP contribution in [0.3, 0.4) is 0 Å². The van der Waals surface area contributed by atoms with Crippen molar-refractivity contribution >= 4 is 11.6 Å². The molecule has 1 rings (SSSR count). The number of rotatable bonds is 5. The predicted octanol–water partition coefficient (Wildman–Crippen LogP) is 4.58. The highest BCUT2D eigenvalue weighted by Gasteiger charge is 2.12. The fraction of sp³-hybridized carbons (Fsp3) is 0.571. The molecule has 0 aromatic heterocycles. The Bertz CT molecular complexity index is 334. The normalized spacial score (nSPS) is 13.1. The first-order valence-corrected chi connectivity index (χ1v) is 6.37. The number of aryl methyl sites for hydroxylation is 1. The molecule has 0 bridgehead atoms. The molecule has 16 heavy (non-hydrogen) atoms. The summed E-state index contributed by atoms with van der Waals surface area (Å²) in [5, 5.41) is 0. The second kappa shape index (κ2) is 6.24. The highest BCUT2D eigenvalue weighted by molar-refractivity contribution is 6.18. The van der Waals surface area contributed by atoms with E-state index in [0.717, 1.165) is 18.4 Å². The molecule has 0 N–H and O–H groups in total. The quantitative estimate of drug-likeness (QED) is 0.663. The summed E-state index contributed by atoms with van der Waals surface area (Å²) in [5.74, 6) is 1.66. The first-order valence-electron chi connectivity index (χ1n) is 5.84. The summed E-state index contributed by atoms with van der Waals surface area (Å²) in [6.07, 6.45) is 2.08. The lowest BCUT2D eigenvalue weighted by Crippen LogP contribution is -2.10. The van der Waals surface area contributed by atoms with Crippen LogP contribution in [0.25, 0.3) is 0 Å². The van der Waals surface area contributed by atoms with Crippen molar-refractivity contribution in [3.63, 3.8) is 0 Å². The zero-order chi connectivity index (χ0) is 12.1. The molecule has 0 fully saturated rings. The van der Waals surface area contributed by atoms with Crippen LogP contribution in [-0.2, 0) is 6.42 Å². The lowest BCUT2D eigenvalue weighted by Gasteiger charge is -2.17. The molecule has 0 amide bonds. The summed E-state index contributed by atoms with van der Waals surface area (Å²) < 4.78 is 13.0. The molecule has 0 saturated carbocycles. The number of alkyl halides is 1. The van der Waals surface area contributed by atoms with E-state index >= 15 is 0 Å². The van der Waals surface area contributed by atoms with Gasteiger partial charge in [-0.05, 0) is 54.9 Å². The topological polar surface area (TPSA) is 0 Å². The second-order valence-electron chi connectivity index (χ2n) is 4.92. The van der Waals surface area contributed by atoms with Crippen LogP contribution in [0, 0.1) is 24.6 Å². The average Bonchev–Trinajstić information content (AvgIpc) is 2.20. The molecule has 0 spiro atoms. The van der Waals surface area contributed by atoms with E-state index in [2.05, 4.69) is 13.8 Å².